The van der Waals surface area contributed by atoms with E-state index in [0.29, 0.717) is 12.0 Å². The Hall–Kier alpha value is -6.93. The number of aliphatic hydroxyl groups excluding tert-OH is 4. The largest absolute Gasteiger partial charge is 0.394 e. The van der Waals surface area contributed by atoms with E-state index in [1.54, 1.807) is 30.3 Å². The van der Waals surface area contributed by atoms with E-state index >= 15 is 0 Å². The molecule has 1 aromatic rings. The molecular formula is C51H87N15O15. The van der Waals surface area contributed by atoms with Crippen molar-refractivity contribution in [3.05, 3.63) is 35.9 Å². The summed E-state index contributed by atoms with van der Waals surface area (Å²) in [5, 5.41) is 69.1. The van der Waals surface area contributed by atoms with Gasteiger partial charge in [0.05, 0.1) is 24.9 Å². The first-order valence-corrected chi connectivity index (χ1v) is 27.3. The van der Waals surface area contributed by atoms with E-state index in [1.807, 2.05) is 6.92 Å². The van der Waals surface area contributed by atoms with Gasteiger partial charge in [0.1, 0.15) is 60.4 Å². The number of hydrogen-bond acceptors (Lipinski definition) is 19. The number of carbonyl (C=O) groups is 11. The molecule has 456 valence electrons. The van der Waals surface area contributed by atoms with Crippen molar-refractivity contribution in [2.24, 2.45) is 22.9 Å². The highest BCUT2D eigenvalue weighted by molar-refractivity contribution is 5.99. The molecule has 1 aromatic carbocycles. The standard InChI is InChI=1S/C51H87N15O15/c1-5-6-7-11-14-38(71)57-31(15-20-52)45(75)65-41(29(4)70)51(81)63-37(26-67)48(78)60-35-19-24-56-49(79)39(27(2)68)64-46(76)34(18-23-55)59-42(72)33(17-22-54)61-50(80)40(28(3)69)66-47(77)36(25-30-12-9-8-10-13-30)62-43(73)32(16-21-53)58-44(35)74/h8-10,12-13,27-29,31-37,39-41,67-70H,5-7,11,14-26,52-55H2,1-4H3,(H,56,79)(H,57,71)(H,58,74)(H,59,72)(H,60,78)(H,61,80)(H,62,73)(H,63,81)(H,64,76)(H,65,75)(H,66,77)/t27-,28-,29-,31+,32+,33+,34+,35+,36-,37?,39+,40+,41+/m1/s1. The molecular weight excluding hydrogens is 1060 g/mol. The van der Waals surface area contributed by atoms with E-state index in [-0.39, 0.29) is 64.7 Å². The second-order valence-electron chi connectivity index (χ2n) is 19.7. The fourth-order valence-electron chi connectivity index (χ4n) is 8.28. The molecule has 1 heterocycles. The summed E-state index contributed by atoms with van der Waals surface area (Å²) in [4.78, 5) is 152. The minimum atomic E-state index is -1.91. The molecule has 1 saturated heterocycles. The van der Waals surface area contributed by atoms with Crippen molar-refractivity contribution in [1.29, 1.82) is 0 Å². The van der Waals surface area contributed by atoms with E-state index in [9.17, 15) is 73.2 Å². The number of nitrogens with one attached hydrogen (secondary N) is 11. The molecule has 11 amide bonds. The number of hydrogen-bond donors (Lipinski definition) is 19. The molecule has 1 fully saturated rings. The Morgan fingerprint density at radius 2 is 1.09 bits per heavy atom. The Bertz CT molecular complexity index is 2230. The van der Waals surface area contributed by atoms with Gasteiger partial charge in [-0.2, -0.15) is 0 Å². The zero-order chi connectivity index (χ0) is 60.8. The lowest BCUT2D eigenvalue weighted by atomic mass is 10.0. The molecule has 0 bridgehead atoms. The van der Waals surface area contributed by atoms with Crippen LogP contribution in [0.15, 0.2) is 30.3 Å². The molecule has 13 atom stereocenters. The van der Waals surface area contributed by atoms with Crippen LogP contribution < -0.4 is 81.4 Å². The first-order chi connectivity index (χ1) is 38.5. The van der Waals surface area contributed by atoms with Crippen LogP contribution in [0.4, 0.5) is 0 Å². The van der Waals surface area contributed by atoms with Crippen LogP contribution in [0.25, 0.3) is 0 Å². The molecule has 30 heteroatoms. The fourth-order valence-corrected chi connectivity index (χ4v) is 8.28. The molecule has 30 nitrogen and oxygen atoms in total. The Morgan fingerprint density at radius 1 is 0.580 bits per heavy atom. The molecule has 0 saturated carbocycles. The number of benzene rings is 1. The summed E-state index contributed by atoms with van der Waals surface area (Å²) >= 11 is 0. The van der Waals surface area contributed by atoms with Crippen LogP contribution in [0, 0.1) is 0 Å². The van der Waals surface area contributed by atoms with Gasteiger partial charge in [0.15, 0.2) is 0 Å². The highest BCUT2D eigenvalue weighted by Crippen LogP contribution is 2.10. The van der Waals surface area contributed by atoms with Crippen molar-refractivity contribution in [2.75, 3.05) is 39.3 Å². The predicted molar refractivity (Wildman–Crippen MR) is 293 cm³/mol. The number of amides is 11. The summed E-state index contributed by atoms with van der Waals surface area (Å²) in [6.07, 6.45) is -3.11. The summed E-state index contributed by atoms with van der Waals surface area (Å²) in [6, 6.07) is -7.99. The molecule has 1 aliphatic heterocycles. The van der Waals surface area contributed by atoms with Gasteiger partial charge < -0.3 is 102 Å². The summed E-state index contributed by atoms with van der Waals surface area (Å²) in [6.45, 7) is 3.15. The van der Waals surface area contributed by atoms with Gasteiger partial charge in [-0.15, -0.1) is 0 Å². The van der Waals surface area contributed by atoms with Gasteiger partial charge in [-0.3, -0.25) is 52.7 Å². The topological polar surface area (TPSA) is 505 Å². The SMILES string of the molecule is CCCCCCC(=O)N[C@@H](CCN)C(=O)N[C@H](C(=O)NC(CO)C(=O)N[C@H]1CCNC(=O)[C@H]([C@@H](C)O)NC(=O)[C@H](CCN)NC(=O)[C@H](CCN)NC(=O)[C@H]([C@@H](C)O)NC(=O)[C@@H](Cc2ccccc2)NC(=O)[C@H](CCN)NC1=O)[C@@H](C)O. The van der Waals surface area contributed by atoms with E-state index in [4.69, 9.17) is 22.9 Å². The average molecular weight is 1150 g/mol. The maximum absolute atomic E-state index is 14.3. The number of rotatable bonds is 26. The zero-order valence-electron chi connectivity index (χ0n) is 46.5. The van der Waals surface area contributed by atoms with Gasteiger partial charge in [0.2, 0.25) is 65.0 Å². The van der Waals surface area contributed by atoms with Crippen LogP contribution in [0.3, 0.4) is 0 Å². The van der Waals surface area contributed by atoms with Crippen LogP contribution in [0.1, 0.15) is 97.5 Å². The lowest BCUT2D eigenvalue weighted by Gasteiger charge is -2.29. The summed E-state index contributed by atoms with van der Waals surface area (Å²) in [5.41, 5.74) is 23.6. The second-order valence-corrected chi connectivity index (χ2v) is 19.7. The minimum absolute atomic E-state index is 0.0480. The molecule has 23 N–H and O–H groups in total. The first-order valence-electron chi connectivity index (χ1n) is 27.3. The maximum atomic E-state index is 14.3. The molecule has 1 aliphatic rings. The molecule has 81 heavy (non-hydrogen) atoms. The molecule has 0 radical (unpaired) electrons. The number of unbranched alkanes of at least 4 members (excludes halogenated alkanes) is 3. The average Bonchev–Trinajstić information content (AvgIpc) is 3.41. The number of carbonyl (C=O) groups excluding carboxylic acids is 11. The van der Waals surface area contributed by atoms with E-state index in [1.165, 1.54) is 6.92 Å². The van der Waals surface area contributed by atoms with Gasteiger partial charge in [0.25, 0.3) is 0 Å². The quantitative estimate of drug-likeness (QED) is 0.0383. The number of aliphatic hydroxyl groups is 4. The van der Waals surface area contributed by atoms with E-state index < -0.39 is 163 Å². The second kappa shape index (κ2) is 37.2. The van der Waals surface area contributed by atoms with Gasteiger partial charge in [-0.05, 0) is 91.0 Å². The normalized spacial score (nSPS) is 23.4. The molecule has 0 aromatic heterocycles. The van der Waals surface area contributed by atoms with Crippen molar-refractivity contribution < 1.29 is 73.2 Å². The van der Waals surface area contributed by atoms with E-state index in [0.717, 1.165) is 33.1 Å². The van der Waals surface area contributed by atoms with Crippen molar-refractivity contribution in [3.63, 3.8) is 0 Å². The van der Waals surface area contributed by atoms with Crippen LogP contribution >= 0.6 is 0 Å². The van der Waals surface area contributed by atoms with Crippen LogP contribution in [0.5, 0.6) is 0 Å². The fraction of sp³-hybridized carbons (Fsp3) is 0.667. The lowest BCUT2D eigenvalue weighted by molar-refractivity contribution is -0.137. The molecule has 0 spiro atoms. The highest BCUT2D eigenvalue weighted by Gasteiger charge is 2.38. The van der Waals surface area contributed by atoms with Crippen molar-refractivity contribution in [2.45, 2.75) is 177 Å². The van der Waals surface area contributed by atoms with Crippen LogP contribution in [-0.2, 0) is 59.2 Å². The smallest absolute Gasteiger partial charge is 0.245 e. The Kier molecular flexibility index (Phi) is 32.2. The van der Waals surface area contributed by atoms with Gasteiger partial charge >= 0.3 is 0 Å². The Labute approximate surface area is 470 Å². The van der Waals surface area contributed by atoms with Crippen LogP contribution in [-0.4, -0.2) is 203 Å². The van der Waals surface area contributed by atoms with Crippen molar-refractivity contribution in [1.82, 2.24) is 58.5 Å². The summed E-state index contributed by atoms with van der Waals surface area (Å²) in [5.74, 6) is -11.0. The monoisotopic (exact) mass is 1150 g/mol. The van der Waals surface area contributed by atoms with Crippen molar-refractivity contribution in [3.8, 4) is 0 Å². The first kappa shape index (κ1) is 70.2. The van der Waals surface area contributed by atoms with Gasteiger partial charge in [-0.1, -0.05) is 56.5 Å². The maximum Gasteiger partial charge on any atom is 0.245 e. The molecule has 2 rings (SSSR count). The predicted octanol–water partition coefficient (Wildman–Crippen LogP) is -7.90. The third-order valence-electron chi connectivity index (χ3n) is 12.9. The van der Waals surface area contributed by atoms with Crippen LogP contribution in [0.2, 0.25) is 0 Å². The number of nitrogens with two attached hydrogens (primary N) is 4. The van der Waals surface area contributed by atoms with E-state index in [2.05, 4.69) is 58.5 Å². The summed E-state index contributed by atoms with van der Waals surface area (Å²) < 4.78 is 0. The third-order valence-corrected chi connectivity index (χ3v) is 12.9. The minimum Gasteiger partial charge on any atom is -0.394 e. The van der Waals surface area contributed by atoms with Crippen molar-refractivity contribution >= 4 is 65.0 Å². The molecule has 1 unspecified atom stereocenters. The Balaban J connectivity index is 2.65. The highest BCUT2D eigenvalue weighted by atomic mass is 16.3. The molecule has 0 aliphatic carbocycles. The zero-order valence-corrected chi connectivity index (χ0v) is 46.5. The Morgan fingerprint density at radius 3 is 1.59 bits per heavy atom. The summed E-state index contributed by atoms with van der Waals surface area (Å²) in [7, 11) is 0. The lowest BCUT2D eigenvalue weighted by Crippen LogP contribution is -2.63. The third kappa shape index (κ3) is 24.4. The van der Waals surface area contributed by atoms with Gasteiger partial charge in [-0.25, -0.2) is 0 Å². The van der Waals surface area contributed by atoms with Gasteiger partial charge in [0, 0.05) is 19.4 Å².